The van der Waals surface area contributed by atoms with Crippen molar-refractivity contribution in [3.63, 3.8) is 0 Å². The van der Waals surface area contributed by atoms with E-state index in [1.54, 1.807) is 0 Å². The van der Waals surface area contributed by atoms with Crippen LogP contribution in [0.1, 0.15) is 22.9 Å². The first-order chi connectivity index (χ1) is 33.7. The van der Waals surface area contributed by atoms with Gasteiger partial charge in [0.25, 0.3) is 0 Å². The second kappa shape index (κ2) is 16.4. The summed E-state index contributed by atoms with van der Waals surface area (Å²) in [7, 11) is 0. The molecule has 1 aliphatic heterocycles. The molecule has 1 atom stereocenters. The van der Waals surface area contributed by atoms with Crippen molar-refractivity contribution in [2.75, 3.05) is 0 Å². The van der Waals surface area contributed by atoms with E-state index in [0.717, 1.165) is 88.8 Å². The highest BCUT2D eigenvalue weighted by atomic mass is 16.3. The number of para-hydroxylation sites is 2. The monoisotopic (exact) mass is 870 g/mol. The lowest BCUT2D eigenvalue weighted by atomic mass is 10.00. The van der Waals surface area contributed by atoms with E-state index in [0.29, 0.717) is 5.84 Å². The van der Waals surface area contributed by atoms with E-state index in [-0.39, 0.29) is 0 Å². The number of furan rings is 1. The van der Waals surface area contributed by atoms with Gasteiger partial charge in [-0.3, -0.25) is 0 Å². The summed E-state index contributed by atoms with van der Waals surface area (Å²) in [6, 6.07) is 85.9. The maximum atomic E-state index is 6.97. The number of benzene rings is 10. The third-order valence-electron chi connectivity index (χ3n) is 13.3. The fourth-order valence-electron chi connectivity index (χ4n) is 9.88. The molecule has 0 saturated carbocycles. The zero-order valence-corrected chi connectivity index (χ0v) is 36.9. The number of hydrogen-bond acceptors (Lipinski definition) is 4. The van der Waals surface area contributed by atoms with E-state index in [4.69, 9.17) is 14.4 Å². The molecule has 5 heteroatoms. The molecule has 2 aromatic heterocycles. The smallest absolute Gasteiger partial charge is 0.163 e. The van der Waals surface area contributed by atoms with Gasteiger partial charge in [-0.25, -0.2) is 9.98 Å². The number of amidine groups is 2. The Morgan fingerprint density at radius 3 is 1.62 bits per heavy atom. The Morgan fingerprint density at radius 1 is 0.382 bits per heavy atom. The van der Waals surface area contributed by atoms with Gasteiger partial charge in [0.05, 0.1) is 16.6 Å². The number of aliphatic imine (C=N–C) groups is 2. The minimum atomic E-state index is -0.395. The minimum Gasteiger partial charge on any atom is -0.455 e. The molecule has 0 spiro atoms. The summed E-state index contributed by atoms with van der Waals surface area (Å²) in [6.45, 7) is 0. The molecule has 0 amide bonds. The molecule has 1 N–H and O–H groups in total. The molecule has 0 fully saturated rings. The summed E-state index contributed by atoms with van der Waals surface area (Å²) in [6.07, 6.45) is -0.395. The summed E-state index contributed by atoms with van der Waals surface area (Å²) in [5, 5.41) is 8.05. The predicted octanol–water partition coefficient (Wildman–Crippen LogP) is 15.8. The molecule has 320 valence electrons. The van der Waals surface area contributed by atoms with Crippen molar-refractivity contribution < 1.29 is 4.42 Å². The van der Waals surface area contributed by atoms with Gasteiger partial charge < -0.3 is 14.3 Å². The Morgan fingerprint density at radius 2 is 0.912 bits per heavy atom. The SMILES string of the molecule is c1ccc(-c2ccc(-c3cccc(-n4c5ccccc5c5cc6oc7c(C8=NC(c9ccc(-c%10ccccc%10)cc9)NC(c9cccc(-c%10ccccc%10)c9)=N8)cccc7c6cc54)c3)cc2)cc1. The zero-order valence-electron chi connectivity index (χ0n) is 36.9. The van der Waals surface area contributed by atoms with Crippen LogP contribution in [-0.4, -0.2) is 16.2 Å². The van der Waals surface area contributed by atoms with E-state index < -0.39 is 6.17 Å². The Hall–Kier alpha value is -9.06. The predicted molar refractivity (Wildman–Crippen MR) is 282 cm³/mol. The van der Waals surface area contributed by atoms with Crippen molar-refractivity contribution in [3.8, 4) is 50.2 Å². The lowest BCUT2D eigenvalue weighted by molar-refractivity contribution is 0.663. The number of nitrogens with one attached hydrogen (secondary N) is 1. The normalized spacial score (nSPS) is 13.7. The minimum absolute atomic E-state index is 0.395. The molecule has 0 aliphatic carbocycles. The molecule has 0 saturated heterocycles. The van der Waals surface area contributed by atoms with E-state index in [9.17, 15) is 0 Å². The van der Waals surface area contributed by atoms with Crippen LogP contribution in [0.25, 0.3) is 93.9 Å². The van der Waals surface area contributed by atoms with Crippen LogP contribution >= 0.6 is 0 Å². The quantitative estimate of drug-likeness (QED) is 0.165. The summed E-state index contributed by atoms with van der Waals surface area (Å²) < 4.78 is 9.36. The topological polar surface area (TPSA) is 54.8 Å². The van der Waals surface area contributed by atoms with Crippen LogP contribution in [0.2, 0.25) is 0 Å². The molecule has 68 heavy (non-hydrogen) atoms. The first kappa shape index (κ1) is 39.3. The van der Waals surface area contributed by atoms with Gasteiger partial charge in [-0.05, 0) is 92.5 Å². The molecule has 13 rings (SSSR count). The number of nitrogens with zero attached hydrogens (tertiary/aromatic N) is 3. The summed E-state index contributed by atoms with van der Waals surface area (Å²) in [4.78, 5) is 10.7. The fourth-order valence-corrected chi connectivity index (χ4v) is 9.88. The first-order valence-electron chi connectivity index (χ1n) is 23.1. The van der Waals surface area contributed by atoms with E-state index in [1.165, 1.54) is 27.6 Å². The number of rotatable bonds is 8. The number of aromatic nitrogens is 1. The molecular weight excluding hydrogens is 829 g/mol. The van der Waals surface area contributed by atoms with Crippen molar-refractivity contribution in [1.82, 2.24) is 9.88 Å². The zero-order chi connectivity index (χ0) is 45.0. The number of fused-ring (bicyclic) bond motifs is 6. The molecule has 12 aromatic rings. The largest absolute Gasteiger partial charge is 0.455 e. The lowest BCUT2D eigenvalue weighted by Crippen LogP contribution is -2.33. The first-order valence-corrected chi connectivity index (χ1v) is 23.1. The third-order valence-corrected chi connectivity index (χ3v) is 13.3. The Balaban J connectivity index is 0.934. The van der Waals surface area contributed by atoms with Crippen LogP contribution in [0, 0.1) is 0 Å². The van der Waals surface area contributed by atoms with E-state index >= 15 is 0 Å². The van der Waals surface area contributed by atoms with Crippen LogP contribution < -0.4 is 5.32 Å². The van der Waals surface area contributed by atoms with Crippen LogP contribution in [0.15, 0.2) is 257 Å². The highest BCUT2D eigenvalue weighted by Gasteiger charge is 2.25. The van der Waals surface area contributed by atoms with Gasteiger partial charge in [0.2, 0.25) is 0 Å². The molecule has 1 unspecified atom stereocenters. The summed E-state index contributed by atoms with van der Waals surface area (Å²) in [5.74, 6) is 1.36. The molecule has 5 nitrogen and oxygen atoms in total. The Bertz CT molecular complexity index is 3900. The van der Waals surface area contributed by atoms with Crippen LogP contribution in [0.5, 0.6) is 0 Å². The van der Waals surface area contributed by atoms with Crippen LogP contribution in [-0.2, 0) is 0 Å². The molecule has 10 aromatic carbocycles. The van der Waals surface area contributed by atoms with Gasteiger partial charge in [-0.1, -0.05) is 200 Å². The molecule has 1 aliphatic rings. The molecule has 0 radical (unpaired) electrons. The fraction of sp³-hybridized carbons (Fsp3) is 0.0159. The van der Waals surface area contributed by atoms with Crippen molar-refractivity contribution in [3.05, 3.63) is 259 Å². The average molecular weight is 871 g/mol. The standard InChI is InChI=1S/C63H42N4O/c1-4-15-41(16-5-1)44-29-31-46(32-30-44)49-22-13-24-51(38-49)67-57-28-11-10-25-52(57)55-40-59-56(39-58(55)67)53-26-14-27-54(60(53)68-59)63-65-61(47-35-33-45(34-36-47)42-17-6-2-7-18-42)64-62(66-63)50-23-12-21-48(37-50)43-19-8-3-9-20-43/h1-40,61H,(H,64,65,66). The van der Waals surface area contributed by atoms with Crippen molar-refractivity contribution in [2.24, 2.45) is 9.98 Å². The van der Waals surface area contributed by atoms with Crippen molar-refractivity contribution >= 4 is 55.4 Å². The van der Waals surface area contributed by atoms with Crippen LogP contribution in [0.3, 0.4) is 0 Å². The summed E-state index contributed by atoms with van der Waals surface area (Å²) in [5.41, 5.74) is 17.1. The average Bonchev–Trinajstić information content (AvgIpc) is 3.96. The maximum Gasteiger partial charge on any atom is 0.163 e. The van der Waals surface area contributed by atoms with Gasteiger partial charge in [0.15, 0.2) is 5.84 Å². The molecular formula is C63H42N4O. The lowest BCUT2D eigenvalue weighted by Gasteiger charge is -2.24. The second-order valence-electron chi connectivity index (χ2n) is 17.4. The van der Waals surface area contributed by atoms with Gasteiger partial charge in [-0.2, -0.15) is 0 Å². The summed E-state index contributed by atoms with van der Waals surface area (Å²) >= 11 is 0. The number of hydrogen-bond donors (Lipinski definition) is 1. The van der Waals surface area contributed by atoms with Gasteiger partial charge in [-0.15, -0.1) is 0 Å². The molecule has 0 bridgehead atoms. The van der Waals surface area contributed by atoms with Gasteiger partial charge in [0, 0.05) is 32.8 Å². The van der Waals surface area contributed by atoms with Crippen molar-refractivity contribution in [1.29, 1.82) is 0 Å². The Kier molecular flexibility index (Phi) is 9.50. The van der Waals surface area contributed by atoms with E-state index in [2.05, 4.69) is 240 Å². The maximum absolute atomic E-state index is 6.97. The van der Waals surface area contributed by atoms with Gasteiger partial charge in [0.1, 0.15) is 23.2 Å². The van der Waals surface area contributed by atoms with E-state index in [1.807, 2.05) is 12.1 Å². The van der Waals surface area contributed by atoms with Crippen LogP contribution in [0.4, 0.5) is 0 Å². The second-order valence-corrected chi connectivity index (χ2v) is 17.4. The highest BCUT2D eigenvalue weighted by Crippen LogP contribution is 2.40. The van der Waals surface area contributed by atoms with Crippen molar-refractivity contribution in [2.45, 2.75) is 6.17 Å². The van der Waals surface area contributed by atoms with Gasteiger partial charge >= 0.3 is 0 Å². The third kappa shape index (κ3) is 6.97. The highest BCUT2D eigenvalue weighted by molar-refractivity contribution is 6.22. The molecule has 3 heterocycles. The Labute approximate surface area is 393 Å².